The Morgan fingerprint density at radius 1 is 0.938 bits per heavy atom. The lowest BCUT2D eigenvalue weighted by Crippen LogP contribution is -2.36. The maximum atomic E-state index is 10.1. The van der Waals surface area contributed by atoms with E-state index in [1.54, 1.807) is 12.1 Å². The van der Waals surface area contributed by atoms with Crippen LogP contribution in [-0.2, 0) is 19.6 Å². The van der Waals surface area contributed by atoms with Gasteiger partial charge in [-0.2, -0.15) is 0 Å². The molecule has 1 aliphatic heterocycles. The van der Waals surface area contributed by atoms with Crippen molar-refractivity contribution in [3.63, 3.8) is 0 Å². The van der Waals surface area contributed by atoms with Gasteiger partial charge in [0.2, 0.25) is 5.75 Å². The number of likely N-dealkylation sites (tertiary alicyclic amines) is 1. The Hall–Kier alpha value is -2.93. The average molecular weight is 441 g/mol. The lowest BCUT2D eigenvalue weighted by molar-refractivity contribution is 0.221. The van der Waals surface area contributed by atoms with Crippen LogP contribution in [0.5, 0.6) is 17.2 Å². The monoisotopic (exact) mass is 440 g/mol. The first-order valence-corrected chi connectivity index (χ1v) is 11.4. The van der Waals surface area contributed by atoms with Crippen LogP contribution in [0, 0.1) is 0 Å². The number of ether oxygens (including phenoxy) is 2. The van der Waals surface area contributed by atoms with Crippen LogP contribution < -0.4 is 20.1 Å². The van der Waals surface area contributed by atoms with Gasteiger partial charge in [-0.25, -0.2) is 4.99 Å². The first-order valence-electron chi connectivity index (χ1n) is 11.4. The predicted molar refractivity (Wildman–Crippen MR) is 128 cm³/mol. The number of phenols is 1. The molecule has 3 N–H and O–H groups in total. The number of methoxy groups -OCH3 is 2. The number of aromatic hydroxyl groups is 1. The summed E-state index contributed by atoms with van der Waals surface area (Å²) in [6.45, 7) is 7.39. The standard InChI is InChI=1S/C25H36N4O3/c1-4-26-25(28-17-21-14-22(31-2)24(30)23(15-21)32-3)27-16-19-8-10-20(11-9-19)18-29-12-6-5-7-13-29/h8-11,14-15,30H,4-7,12-13,16-18H2,1-3H3,(H2,26,27,28). The minimum Gasteiger partial charge on any atom is -0.502 e. The van der Waals surface area contributed by atoms with Gasteiger partial charge in [0, 0.05) is 19.6 Å². The second-order valence-corrected chi connectivity index (χ2v) is 8.05. The molecule has 0 amide bonds. The summed E-state index contributed by atoms with van der Waals surface area (Å²) in [5.41, 5.74) is 3.47. The van der Waals surface area contributed by atoms with Crippen LogP contribution in [0.25, 0.3) is 0 Å². The third kappa shape index (κ3) is 6.79. The van der Waals surface area contributed by atoms with Crippen LogP contribution >= 0.6 is 0 Å². The van der Waals surface area contributed by atoms with Gasteiger partial charge in [-0.15, -0.1) is 0 Å². The molecule has 0 unspecified atom stereocenters. The molecule has 174 valence electrons. The quantitative estimate of drug-likeness (QED) is 0.408. The van der Waals surface area contributed by atoms with Crippen molar-refractivity contribution in [2.24, 2.45) is 4.99 Å². The Balaban J connectivity index is 1.58. The Bertz CT molecular complexity index is 852. The molecule has 2 aromatic rings. The molecule has 0 radical (unpaired) electrons. The largest absolute Gasteiger partial charge is 0.502 e. The summed E-state index contributed by atoms with van der Waals surface area (Å²) in [6, 6.07) is 12.4. The molecular formula is C25H36N4O3. The number of piperidine rings is 1. The number of rotatable bonds is 9. The van der Waals surface area contributed by atoms with Crippen LogP contribution in [-0.4, -0.2) is 49.8 Å². The fourth-order valence-corrected chi connectivity index (χ4v) is 3.88. The van der Waals surface area contributed by atoms with Crippen molar-refractivity contribution in [1.29, 1.82) is 0 Å². The Labute approximate surface area is 191 Å². The number of phenolic OH excluding ortho intramolecular Hbond substituents is 1. The van der Waals surface area contributed by atoms with Crippen molar-refractivity contribution in [2.45, 2.75) is 45.8 Å². The van der Waals surface area contributed by atoms with Crippen LogP contribution in [0.1, 0.15) is 42.9 Å². The maximum Gasteiger partial charge on any atom is 0.200 e. The molecule has 7 nitrogen and oxygen atoms in total. The van der Waals surface area contributed by atoms with Gasteiger partial charge in [0.05, 0.1) is 20.8 Å². The van der Waals surface area contributed by atoms with E-state index >= 15 is 0 Å². The van der Waals surface area contributed by atoms with Crippen molar-refractivity contribution in [3.05, 3.63) is 53.1 Å². The predicted octanol–water partition coefficient (Wildman–Crippen LogP) is 3.65. The molecule has 0 bridgehead atoms. The van der Waals surface area contributed by atoms with Gasteiger partial charge in [0.1, 0.15) is 0 Å². The van der Waals surface area contributed by atoms with Crippen molar-refractivity contribution in [2.75, 3.05) is 33.9 Å². The highest BCUT2D eigenvalue weighted by Crippen LogP contribution is 2.37. The minimum atomic E-state index is -0.00325. The molecule has 0 atom stereocenters. The van der Waals surface area contributed by atoms with Crippen LogP contribution in [0.2, 0.25) is 0 Å². The molecule has 2 aromatic carbocycles. The Morgan fingerprint density at radius 3 is 2.16 bits per heavy atom. The van der Waals surface area contributed by atoms with E-state index in [4.69, 9.17) is 9.47 Å². The van der Waals surface area contributed by atoms with E-state index in [1.807, 2.05) is 6.92 Å². The zero-order valence-electron chi connectivity index (χ0n) is 19.5. The van der Waals surface area contributed by atoms with E-state index < -0.39 is 0 Å². The summed E-state index contributed by atoms with van der Waals surface area (Å²) in [7, 11) is 3.04. The molecule has 1 fully saturated rings. The van der Waals surface area contributed by atoms with E-state index in [1.165, 1.54) is 57.7 Å². The highest BCUT2D eigenvalue weighted by molar-refractivity contribution is 5.79. The molecule has 1 aliphatic rings. The number of nitrogens with one attached hydrogen (secondary N) is 2. The third-order valence-corrected chi connectivity index (χ3v) is 5.64. The number of nitrogens with zero attached hydrogens (tertiary/aromatic N) is 2. The van der Waals surface area contributed by atoms with Crippen LogP contribution in [0.3, 0.4) is 0 Å². The van der Waals surface area contributed by atoms with Gasteiger partial charge < -0.3 is 25.2 Å². The minimum absolute atomic E-state index is 0.00325. The van der Waals surface area contributed by atoms with Crippen LogP contribution in [0.4, 0.5) is 0 Å². The molecule has 0 aliphatic carbocycles. The van der Waals surface area contributed by atoms with Gasteiger partial charge in [-0.3, -0.25) is 4.90 Å². The fourth-order valence-electron chi connectivity index (χ4n) is 3.88. The van der Waals surface area contributed by atoms with Gasteiger partial charge in [-0.05, 0) is 61.7 Å². The molecule has 7 heteroatoms. The van der Waals surface area contributed by atoms with Crippen molar-refractivity contribution in [3.8, 4) is 17.2 Å². The van der Waals surface area contributed by atoms with Gasteiger partial charge >= 0.3 is 0 Å². The summed E-state index contributed by atoms with van der Waals surface area (Å²) >= 11 is 0. The van der Waals surface area contributed by atoms with Crippen LogP contribution in [0.15, 0.2) is 41.4 Å². The normalized spacial score (nSPS) is 14.8. The maximum absolute atomic E-state index is 10.1. The summed E-state index contributed by atoms with van der Waals surface area (Å²) in [5.74, 6) is 1.47. The van der Waals surface area contributed by atoms with E-state index in [0.29, 0.717) is 24.6 Å². The van der Waals surface area contributed by atoms with Crippen molar-refractivity contribution < 1.29 is 14.6 Å². The molecule has 1 saturated heterocycles. The van der Waals surface area contributed by atoms with E-state index in [2.05, 4.69) is 44.8 Å². The SMILES string of the molecule is CCNC(=NCc1cc(OC)c(O)c(OC)c1)NCc1ccc(CN2CCCCC2)cc1. The summed E-state index contributed by atoms with van der Waals surface area (Å²) in [5, 5.41) is 16.8. The number of hydrogen-bond donors (Lipinski definition) is 3. The summed E-state index contributed by atoms with van der Waals surface area (Å²) < 4.78 is 10.5. The van der Waals surface area contributed by atoms with E-state index in [9.17, 15) is 5.11 Å². The number of guanidine groups is 1. The molecular weight excluding hydrogens is 404 g/mol. The van der Waals surface area contributed by atoms with E-state index in [0.717, 1.165) is 24.6 Å². The molecule has 0 aromatic heterocycles. The van der Waals surface area contributed by atoms with Crippen molar-refractivity contribution in [1.82, 2.24) is 15.5 Å². The summed E-state index contributed by atoms with van der Waals surface area (Å²) in [4.78, 5) is 7.21. The molecule has 0 saturated carbocycles. The van der Waals surface area contributed by atoms with Gasteiger partial charge in [0.25, 0.3) is 0 Å². The Morgan fingerprint density at radius 2 is 1.56 bits per heavy atom. The third-order valence-electron chi connectivity index (χ3n) is 5.64. The molecule has 32 heavy (non-hydrogen) atoms. The lowest BCUT2D eigenvalue weighted by atomic mass is 10.1. The first-order chi connectivity index (χ1) is 15.6. The summed E-state index contributed by atoms with van der Waals surface area (Å²) in [6.07, 6.45) is 4.00. The Kier molecular flexibility index (Phi) is 9.04. The smallest absolute Gasteiger partial charge is 0.200 e. The lowest BCUT2D eigenvalue weighted by Gasteiger charge is -2.26. The zero-order valence-corrected chi connectivity index (χ0v) is 19.5. The average Bonchev–Trinajstić information content (AvgIpc) is 2.83. The first kappa shape index (κ1) is 23.7. The zero-order chi connectivity index (χ0) is 22.8. The number of benzene rings is 2. The molecule has 1 heterocycles. The fraction of sp³-hybridized carbons (Fsp3) is 0.480. The molecule has 0 spiro atoms. The second-order valence-electron chi connectivity index (χ2n) is 8.05. The van der Waals surface area contributed by atoms with E-state index in [-0.39, 0.29) is 5.75 Å². The highest BCUT2D eigenvalue weighted by atomic mass is 16.5. The van der Waals surface area contributed by atoms with Crippen molar-refractivity contribution >= 4 is 5.96 Å². The highest BCUT2D eigenvalue weighted by Gasteiger charge is 2.12. The molecule has 3 rings (SSSR count). The number of aliphatic imine (C=N–C) groups is 1. The topological polar surface area (TPSA) is 78.4 Å². The van der Waals surface area contributed by atoms with Gasteiger partial charge in [-0.1, -0.05) is 30.7 Å². The number of hydrogen-bond acceptors (Lipinski definition) is 5. The second kappa shape index (κ2) is 12.2. The van der Waals surface area contributed by atoms with Gasteiger partial charge in [0.15, 0.2) is 17.5 Å².